The van der Waals surface area contributed by atoms with E-state index >= 15 is 0 Å². The van der Waals surface area contributed by atoms with E-state index in [9.17, 15) is 9.18 Å². The predicted molar refractivity (Wildman–Crippen MR) is 98.7 cm³/mol. The Hall–Kier alpha value is -2.81. The molecule has 0 aliphatic carbocycles. The Balaban J connectivity index is 1.51. The highest BCUT2D eigenvalue weighted by Gasteiger charge is 2.15. The van der Waals surface area contributed by atoms with Crippen molar-refractivity contribution in [1.29, 1.82) is 0 Å². The molecule has 0 fully saturated rings. The molecule has 26 heavy (non-hydrogen) atoms. The monoisotopic (exact) mass is 418 g/mol. The van der Waals surface area contributed by atoms with E-state index in [1.807, 2.05) is 0 Å². The highest BCUT2D eigenvalue weighted by Crippen LogP contribution is 2.18. The molecule has 0 aliphatic rings. The van der Waals surface area contributed by atoms with Crippen molar-refractivity contribution in [1.82, 2.24) is 25.1 Å². The molecule has 7 nitrogen and oxygen atoms in total. The lowest BCUT2D eigenvalue weighted by Crippen LogP contribution is -2.26. The summed E-state index contributed by atoms with van der Waals surface area (Å²) in [5, 5.41) is 10.1. The summed E-state index contributed by atoms with van der Waals surface area (Å²) in [5.41, 5.74) is 0.937. The number of halogens is 2. The van der Waals surface area contributed by atoms with Crippen molar-refractivity contribution in [3.63, 3.8) is 0 Å². The van der Waals surface area contributed by atoms with E-state index in [2.05, 4.69) is 41.6 Å². The third-order valence-corrected chi connectivity index (χ3v) is 4.04. The summed E-state index contributed by atoms with van der Waals surface area (Å²) >= 11 is 3.34. The van der Waals surface area contributed by atoms with Crippen LogP contribution in [0.3, 0.4) is 0 Å². The van der Waals surface area contributed by atoms with Crippen LogP contribution in [0.25, 0.3) is 5.69 Å². The van der Waals surface area contributed by atoms with E-state index in [1.165, 1.54) is 16.8 Å². The summed E-state index contributed by atoms with van der Waals surface area (Å²) in [4.78, 5) is 20.4. The van der Waals surface area contributed by atoms with Crippen LogP contribution in [0.4, 0.5) is 10.3 Å². The van der Waals surface area contributed by atoms with Crippen molar-refractivity contribution in [2.75, 3.05) is 18.4 Å². The maximum Gasteiger partial charge on any atom is 0.272 e. The number of anilines is 1. The minimum absolute atomic E-state index is 0.272. The molecule has 2 heterocycles. The molecule has 0 saturated carbocycles. The lowest BCUT2D eigenvalue weighted by molar-refractivity contribution is 0.0947. The number of hydrogen-bond acceptors (Lipinski definition) is 5. The van der Waals surface area contributed by atoms with Crippen LogP contribution in [0.1, 0.15) is 16.9 Å². The number of amides is 1. The van der Waals surface area contributed by atoms with Crippen molar-refractivity contribution < 1.29 is 9.18 Å². The van der Waals surface area contributed by atoms with Gasteiger partial charge < -0.3 is 10.6 Å². The first-order valence-electron chi connectivity index (χ1n) is 7.93. The number of carbonyl (C=O) groups is 1. The third kappa shape index (κ3) is 4.63. The van der Waals surface area contributed by atoms with Gasteiger partial charge in [-0.1, -0.05) is 0 Å². The molecule has 1 aromatic carbocycles. The number of hydrogen-bond donors (Lipinski definition) is 2. The fraction of sp³-hybridized carbons (Fsp3) is 0.176. The van der Waals surface area contributed by atoms with Crippen molar-refractivity contribution in [3.8, 4) is 5.69 Å². The van der Waals surface area contributed by atoms with Gasteiger partial charge in [0.15, 0.2) is 5.69 Å². The summed E-state index contributed by atoms with van der Waals surface area (Å²) in [6, 6.07) is 7.61. The van der Waals surface area contributed by atoms with Gasteiger partial charge in [-0.2, -0.15) is 5.10 Å². The van der Waals surface area contributed by atoms with Crippen LogP contribution in [0.5, 0.6) is 0 Å². The molecule has 3 rings (SSSR count). The first kappa shape index (κ1) is 18.0. The fourth-order valence-electron chi connectivity index (χ4n) is 2.20. The molecule has 1 amide bonds. The van der Waals surface area contributed by atoms with Gasteiger partial charge in [-0.05, 0) is 52.7 Å². The summed E-state index contributed by atoms with van der Waals surface area (Å²) < 4.78 is 15.1. The average molecular weight is 419 g/mol. The largest absolute Gasteiger partial charge is 0.354 e. The van der Waals surface area contributed by atoms with Crippen molar-refractivity contribution in [2.24, 2.45) is 0 Å². The first-order valence-corrected chi connectivity index (χ1v) is 8.73. The van der Waals surface area contributed by atoms with Gasteiger partial charge in [0, 0.05) is 31.7 Å². The van der Waals surface area contributed by atoms with Crippen molar-refractivity contribution >= 4 is 27.8 Å². The quantitative estimate of drug-likeness (QED) is 0.576. The van der Waals surface area contributed by atoms with E-state index in [-0.39, 0.29) is 17.4 Å². The summed E-state index contributed by atoms with van der Waals surface area (Å²) in [5.74, 6) is -0.0549. The third-order valence-electron chi connectivity index (χ3n) is 3.46. The minimum atomic E-state index is -0.326. The van der Waals surface area contributed by atoms with Crippen LogP contribution in [0, 0.1) is 5.82 Å². The molecular formula is C17H16BrFN6O. The predicted octanol–water partition coefficient (Wildman–Crippen LogP) is 2.80. The van der Waals surface area contributed by atoms with Crippen molar-refractivity contribution in [2.45, 2.75) is 6.42 Å². The molecule has 0 radical (unpaired) electrons. The van der Waals surface area contributed by atoms with Gasteiger partial charge in [0.05, 0.1) is 10.2 Å². The number of rotatable bonds is 7. The highest BCUT2D eigenvalue weighted by molar-refractivity contribution is 9.10. The minimum Gasteiger partial charge on any atom is -0.354 e. The molecule has 2 N–H and O–H groups in total. The van der Waals surface area contributed by atoms with E-state index < -0.39 is 0 Å². The van der Waals surface area contributed by atoms with Crippen LogP contribution in [-0.4, -0.2) is 38.7 Å². The molecule has 0 aliphatic heterocycles. The number of nitrogens with one attached hydrogen (secondary N) is 2. The van der Waals surface area contributed by atoms with Crippen LogP contribution in [-0.2, 0) is 0 Å². The molecule has 0 unspecified atom stereocenters. The second-order valence-corrected chi connectivity index (χ2v) is 6.21. The average Bonchev–Trinajstić information content (AvgIpc) is 3.04. The molecular weight excluding hydrogens is 403 g/mol. The summed E-state index contributed by atoms with van der Waals surface area (Å²) in [6.07, 6.45) is 5.69. The Labute approximate surface area is 157 Å². The normalized spacial score (nSPS) is 10.5. The number of carbonyl (C=O) groups excluding carboxylic acids is 1. The zero-order valence-corrected chi connectivity index (χ0v) is 15.3. The maximum absolute atomic E-state index is 13.0. The molecule has 3 aromatic rings. The molecule has 0 bridgehead atoms. The Morgan fingerprint density at radius 1 is 1.15 bits per heavy atom. The molecule has 0 saturated heterocycles. The molecule has 2 aromatic heterocycles. The fourth-order valence-corrected chi connectivity index (χ4v) is 2.65. The van der Waals surface area contributed by atoms with Gasteiger partial charge in [-0.15, -0.1) is 0 Å². The second kappa shape index (κ2) is 8.52. The molecule has 0 spiro atoms. The lowest BCUT2D eigenvalue weighted by Gasteiger charge is -2.05. The van der Waals surface area contributed by atoms with E-state index in [0.29, 0.717) is 35.6 Å². The Bertz CT molecular complexity index is 869. The maximum atomic E-state index is 13.0. The van der Waals surface area contributed by atoms with E-state index in [4.69, 9.17) is 0 Å². The zero-order chi connectivity index (χ0) is 18.4. The SMILES string of the molecule is O=C(NCCCNc1ncccn1)c1nn(-c2ccc(F)cc2)cc1Br. The molecule has 134 valence electrons. The Morgan fingerprint density at radius 2 is 1.88 bits per heavy atom. The summed E-state index contributed by atoms with van der Waals surface area (Å²) in [7, 11) is 0. The van der Waals surface area contributed by atoms with E-state index in [1.54, 1.807) is 36.8 Å². The van der Waals surface area contributed by atoms with Crippen LogP contribution in [0.2, 0.25) is 0 Å². The van der Waals surface area contributed by atoms with Crippen molar-refractivity contribution in [3.05, 3.63) is 64.9 Å². The lowest BCUT2D eigenvalue weighted by atomic mass is 10.3. The van der Waals surface area contributed by atoms with Crippen LogP contribution < -0.4 is 10.6 Å². The molecule has 9 heteroatoms. The van der Waals surface area contributed by atoms with Gasteiger partial charge in [0.2, 0.25) is 5.95 Å². The molecule has 0 atom stereocenters. The van der Waals surface area contributed by atoms with Gasteiger partial charge >= 0.3 is 0 Å². The second-order valence-electron chi connectivity index (χ2n) is 5.36. The Kier molecular flexibility index (Phi) is 5.90. The Morgan fingerprint density at radius 3 is 2.62 bits per heavy atom. The zero-order valence-electron chi connectivity index (χ0n) is 13.7. The smallest absolute Gasteiger partial charge is 0.272 e. The number of nitrogens with zero attached hydrogens (tertiary/aromatic N) is 4. The van der Waals surface area contributed by atoms with Gasteiger partial charge in [-0.25, -0.2) is 19.0 Å². The van der Waals surface area contributed by atoms with Gasteiger partial charge in [0.25, 0.3) is 5.91 Å². The number of aromatic nitrogens is 4. The highest BCUT2D eigenvalue weighted by atomic mass is 79.9. The van der Waals surface area contributed by atoms with Gasteiger partial charge in [-0.3, -0.25) is 4.79 Å². The topological polar surface area (TPSA) is 84.7 Å². The van der Waals surface area contributed by atoms with Crippen LogP contribution in [0.15, 0.2) is 53.4 Å². The van der Waals surface area contributed by atoms with Gasteiger partial charge in [0.1, 0.15) is 5.82 Å². The summed E-state index contributed by atoms with van der Waals surface area (Å²) in [6.45, 7) is 1.12. The van der Waals surface area contributed by atoms with E-state index in [0.717, 1.165) is 0 Å². The van der Waals surface area contributed by atoms with Crippen LogP contribution >= 0.6 is 15.9 Å². The first-order chi connectivity index (χ1) is 12.6. The standard InChI is InChI=1S/C17H16BrFN6O/c18-14-11-25(13-5-3-12(19)4-6-13)24-15(14)16(26)20-7-1-8-21-17-22-9-2-10-23-17/h2-6,9-11H,1,7-8H2,(H,20,26)(H,21,22,23). The number of benzene rings is 1.